The first-order valence-corrected chi connectivity index (χ1v) is 23.7. The monoisotopic (exact) mass is 834 g/mol. The zero-order chi connectivity index (χ0) is 42.6. The fourth-order valence-electron chi connectivity index (χ4n) is 5.56. The van der Waals surface area contributed by atoms with Gasteiger partial charge < -0.3 is 25.2 Å². The average molecular weight is 834 g/mol. The number of phosphoric acid groups is 1. The highest BCUT2D eigenvalue weighted by Crippen LogP contribution is 2.43. The van der Waals surface area contributed by atoms with E-state index in [0.717, 1.165) is 51.4 Å². The van der Waals surface area contributed by atoms with Crippen LogP contribution in [0.3, 0.4) is 0 Å². The topological polar surface area (TPSA) is 155 Å². The Bertz CT molecular complexity index is 1240. The Morgan fingerprint density at radius 1 is 0.621 bits per heavy atom. The van der Waals surface area contributed by atoms with Crippen molar-refractivity contribution in [1.82, 2.24) is 0 Å². The first-order chi connectivity index (χ1) is 28.2. The predicted molar refractivity (Wildman–Crippen MR) is 239 cm³/mol. The lowest BCUT2D eigenvalue weighted by Crippen LogP contribution is -2.29. The van der Waals surface area contributed by atoms with Gasteiger partial charge in [-0.3, -0.25) is 18.6 Å². The molecule has 0 heterocycles. The number of hydrogen-bond acceptors (Lipinski definition) is 9. The molecule has 0 aliphatic heterocycles. The molecule has 0 rings (SSSR count). The molecule has 0 saturated carbocycles. The van der Waals surface area contributed by atoms with Crippen LogP contribution >= 0.6 is 7.82 Å². The van der Waals surface area contributed by atoms with Crippen LogP contribution in [0, 0.1) is 0 Å². The highest BCUT2D eigenvalue weighted by atomic mass is 31.2. The number of ether oxygens (including phenoxy) is 2. The molecule has 0 aromatic rings. The van der Waals surface area contributed by atoms with Gasteiger partial charge in [-0.25, -0.2) is 4.57 Å². The fraction of sp³-hybridized carbons (Fsp3) is 0.660. The van der Waals surface area contributed by atoms with Crippen LogP contribution < -0.4 is 5.73 Å². The number of phosphoric ester groups is 1. The van der Waals surface area contributed by atoms with Gasteiger partial charge in [0.25, 0.3) is 0 Å². The molecule has 0 amide bonds. The van der Waals surface area contributed by atoms with Crippen LogP contribution in [-0.4, -0.2) is 60.5 Å². The van der Waals surface area contributed by atoms with Crippen LogP contribution in [-0.2, 0) is 32.7 Å². The molecule has 10 nitrogen and oxygen atoms in total. The third kappa shape index (κ3) is 41.3. The summed E-state index contributed by atoms with van der Waals surface area (Å²) in [5, 5.41) is 10.2. The van der Waals surface area contributed by atoms with Crippen LogP contribution in [0.2, 0.25) is 0 Å². The summed E-state index contributed by atoms with van der Waals surface area (Å²) in [6.45, 7) is 3.39. The van der Waals surface area contributed by atoms with Crippen molar-refractivity contribution < 1.29 is 42.7 Å². The molecule has 2 unspecified atom stereocenters. The molecule has 4 N–H and O–H groups in total. The Morgan fingerprint density at radius 3 is 1.81 bits per heavy atom. The lowest BCUT2D eigenvalue weighted by atomic mass is 10.1. The molecular weight excluding hydrogens is 753 g/mol. The predicted octanol–water partition coefficient (Wildman–Crippen LogP) is 11.8. The second kappa shape index (κ2) is 42.3. The highest BCUT2D eigenvalue weighted by Gasteiger charge is 2.25. The Balaban J connectivity index is 4.38. The summed E-state index contributed by atoms with van der Waals surface area (Å²) in [6.07, 6.45) is 49.3. The van der Waals surface area contributed by atoms with E-state index in [9.17, 15) is 24.2 Å². The molecule has 3 atom stereocenters. The van der Waals surface area contributed by atoms with Gasteiger partial charge in [-0.1, -0.05) is 163 Å². The normalized spacial score (nSPS) is 14.6. The average Bonchev–Trinajstić information content (AvgIpc) is 3.20. The zero-order valence-corrected chi connectivity index (χ0v) is 37.0. The third-order valence-corrected chi connectivity index (χ3v) is 9.84. The molecule has 0 aromatic carbocycles. The summed E-state index contributed by atoms with van der Waals surface area (Å²) in [5.41, 5.74) is 5.34. The maximum absolute atomic E-state index is 12.6. The molecule has 0 spiro atoms. The van der Waals surface area contributed by atoms with Crippen LogP contribution in [0.1, 0.15) is 162 Å². The minimum absolute atomic E-state index is 0.0191. The van der Waals surface area contributed by atoms with Crippen molar-refractivity contribution in [3.05, 3.63) is 85.1 Å². The van der Waals surface area contributed by atoms with Crippen molar-refractivity contribution in [2.75, 3.05) is 26.4 Å². The molecule has 332 valence electrons. The van der Waals surface area contributed by atoms with Gasteiger partial charge in [0.2, 0.25) is 0 Å². The summed E-state index contributed by atoms with van der Waals surface area (Å²) in [4.78, 5) is 34.9. The van der Waals surface area contributed by atoms with Crippen molar-refractivity contribution in [2.24, 2.45) is 5.73 Å². The van der Waals surface area contributed by atoms with Gasteiger partial charge >= 0.3 is 19.8 Å². The maximum atomic E-state index is 12.6. The Hall–Kier alpha value is -2.85. The minimum Gasteiger partial charge on any atom is -0.462 e. The molecule has 0 aliphatic rings. The Labute approximate surface area is 352 Å². The van der Waals surface area contributed by atoms with E-state index in [-0.39, 0.29) is 32.6 Å². The number of carbonyl (C=O) groups excluding carboxylic acids is 2. The Kier molecular flexibility index (Phi) is 40.2. The number of allylic oxidation sites excluding steroid dienone is 12. The highest BCUT2D eigenvalue weighted by molar-refractivity contribution is 7.47. The molecule has 58 heavy (non-hydrogen) atoms. The van der Waals surface area contributed by atoms with Crippen LogP contribution in [0.5, 0.6) is 0 Å². The van der Waals surface area contributed by atoms with Crippen molar-refractivity contribution in [2.45, 2.75) is 174 Å². The van der Waals surface area contributed by atoms with E-state index in [2.05, 4.69) is 62.5 Å². The van der Waals surface area contributed by atoms with E-state index < -0.39 is 38.6 Å². The standard InChI is InChI=1S/C47H80NO9P/c1-3-5-7-9-11-13-15-17-18-19-20-22-24-26-28-30-34-38-46(50)54-42-45(43-56-58(52,53)55-41-40-48)57-47(51)39-35-31-33-37-44(49)36-32-29-27-25-23-21-16-14-12-10-8-6-4-2/h6,8,12,14,17-18,21,23,27,29,31-33,36,44-45,49H,3-5,7,9-11,13,15-16,19-20,22,24-26,28,30,34-35,37-43,48H2,1-2H3,(H,52,53)/b8-6-,14-12-,18-17-,23-21-,29-27-,33-31-,36-32-/t44?,45-/m1/s1. The van der Waals surface area contributed by atoms with E-state index in [0.29, 0.717) is 19.3 Å². The number of aliphatic hydroxyl groups excluding tert-OH is 1. The first kappa shape index (κ1) is 55.2. The van der Waals surface area contributed by atoms with Gasteiger partial charge in [0.15, 0.2) is 6.10 Å². The maximum Gasteiger partial charge on any atom is 0.472 e. The van der Waals surface area contributed by atoms with E-state index in [1.54, 1.807) is 18.2 Å². The van der Waals surface area contributed by atoms with Gasteiger partial charge in [-0.2, -0.15) is 0 Å². The van der Waals surface area contributed by atoms with Gasteiger partial charge in [0.05, 0.1) is 19.3 Å². The quantitative estimate of drug-likeness (QED) is 0.0179. The van der Waals surface area contributed by atoms with Gasteiger partial charge in [-0.05, 0) is 70.6 Å². The van der Waals surface area contributed by atoms with Crippen LogP contribution in [0.4, 0.5) is 0 Å². The van der Waals surface area contributed by atoms with E-state index in [4.69, 9.17) is 24.3 Å². The number of unbranched alkanes of at least 4 members (excludes halogenated alkanes) is 13. The van der Waals surface area contributed by atoms with Crippen molar-refractivity contribution in [3.8, 4) is 0 Å². The molecule has 0 bridgehead atoms. The summed E-state index contributed by atoms with van der Waals surface area (Å²) in [6, 6.07) is 0. The molecule has 0 aliphatic carbocycles. The van der Waals surface area contributed by atoms with Crippen molar-refractivity contribution >= 4 is 19.8 Å². The number of aliphatic hydroxyl groups is 1. The van der Waals surface area contributed by atoms with Crippen LogP contribution in [0.15, 0.2) is 85.1 Å². The van der Waals surface area contributed by atoms with Gasteiger partial charge in [-0.15, -0.1) is 0 Å². The number of rotatable bonds is 40. The largest absolute Gasteiger partial charge is 0.472 e. The van der Waals surface area contributed by atoms with E-state index in [1.807, 2.05) is 18.2 Å². The smallest absolute Gasteiger partial charge is 0.462 e. The lowest BCUT2D eigenvalue weighted by molar-refractivity contribution is -0.161. The number of esters is 2. The molecule has 0 radical (unpaired) electrons. The summed E-state index contributed by atoms with van der Waals surface area (Å²) in [5.74, 6) is -1.02. The summed E-state index contributed by atoms with van der Waals surface area (Å²) >= 11 is 0. The SMILES string of the molecule is CC/C=C\C/C=C\C/C=C\C/C=C\C=C/C(O)C/C=C\CCC(=O)O[C@H](COC(=O)CCCCCCCCC/C=C\CCCCCCCC)COP(=O)(O)OCCN. The van der Waals surface area contributed by atoms with Gasteiger partial charge in [0.1, 0.15) is 6.61 Å². The third-order valence-electron chi connectivity index (χ3n) is 8.86. The molecular formula is C47H80NO9P. The fourth-order valence-corrected chi connectivity index (χ4v) is 6.33. The number of carbonyl (C=O) groups is 2. The summed E-state index contributed by atoms with van der Waals surface area (Å²) in [7, 11) is -4.43. The second-order valence-corrected chi connectivity index (χ2v) is 15.8. The molecule has 11 heteroatoms. The van der Waals surface area contributed by atoms with E-state index in [1.165, 1.54) is 64.2 Å². The second-order valence-electron chi connectivity index (χ2n) is 14.4. The van der Waals surface area contributed by atoms with Crippen molar-refractivity contribution in [1.29, 1.82) is 0 Å². The first-order valence-electron chi connectivity index (χ1n) is 22.2. The summed E-state index contributed by atoms with van der Waals surface area (Å²) < 4.78 is 32.6. The number of nitrogens with two attached hydrogens (primary N) is 1. The zero-order valence-electron chi connectivity index (χ0n) is 36.1. The molecule has 0 aromatic heterocycles. The molecule has 0 saturated heterocycles. The lowest BCUT2D eigenvalue weighted by Gasteiger charge is -2.19. The number of hydrogen-bond donors (Lipinski definition) is 3. The molecule has 0 fully saturated rings. The van der Waals surface area contributed by atoms with Crippen LogP contribution in [0.25, 0.3) is 0 Å². The van der Waals surface area contributed by atoms with Gasteiger partial charge in [0, 0.05) is 19.4 Å². The van der Waals surface area contributed by atoms with Crippen molar-refractivity contribution in [3.63, 3.8) is 0 Å². The Morgan fingerprint density at radius 2 is 1.19 bits per heavy atom. The van der Waals surface area contributed by atoms with E-state index >= 15 is 0 Å². The minimum atomic E-state index is -4.43.